The molecule has 0 radical (unpaired) electrons. The molecule has 8 heteroatoms. The fourth-order valence-corrected chi connectivity index (χ4v) is 1.94. The molecule has 1 aromatic carbocycles. The molecule has 4 amide bonds. The Balaban J connectivity index is 2.56. The molecule has 114 valence electrons. The molecule has 0 saturated carbocycles. The molecule has 0 unspecified atom stereocenters. The summed E-state index contributed by atoms with van der Waals surface area (Å²) in [6.07, 6.45) is 0.491. The number of urea groups is 1. The van der Waals surface area contributed by atoms with E-state index in [1.165, 1.54) is 0 Å². The van der Waals surface area contributed by atoms with Crippen LogP contribution >= 0.6 is 11.6 Å². The van der Waals surface area contributed by atoms with Crippen molar-refractivity contribution in [3.8, 4) is 0 Å². The lowest BCUT2D eigenvalue weighted by Gasteiger charge is -2.17. The van der Waals surface area contributed by atoms with Crippen molar-refractivity contribution in [3.05, 3.63) is 34.9 Å². The molecule has 7 nitrogen and oxygen atoms in total. The molecule has 0 heterocycles. The number of hydrogen-bond donors (Lipinski definition) is 4. The van der Waals surface area contributed by atoms with E-state index >= 15 is 0 Å². The molecular weight excluding hydrogens is 296 g/mol. The number of hydrogen-bond acceptors (Lipinski definition) is 3. The van der Waals surface area contributed by atoms with E-state index in [0.717, 1.165) is 5.56 Å². The molecular formula is C13H17ClN4O3. The second kappa shape index (κ2) is 7.49. The maximum absolute atomic E-state index is 11.7. The minimum Gasteiger partial charge on any atom is -0.367 e. The van der Waals surface area contributed by atoms with Gasteiger partial charge in [0.15, 0.2) is 6.04 Å². The van der Waals surface area contributed by atoms with Gasteiger partial charge in [0.2, 0.25) is 11.8 Å². The van der Waals surface area contributed by atoms with Gasteiger partial charge in [-0.25, -0.2) is 4.79 Å². The zero-order valence-electron chi connectivity index (χ0n) is 11.4. The first-order chi connectivity index (χ1) is 9.81. The van der Waals surface area contributed by atoms with Crippen molar-refractivity contribution in [2.45, 2.75) is 25.4 Å². The van der Waals surface area contributed by atoms with Crippen molar-refractivity contribution in [2.24, 2.45) is 11.5 Å². The summed E-state index contributed by atoms with van der Waals surface area (Å²) in [5.41, 5.74) is 10.8. The Kier molecular flexibility index (Phi) is 5.98. The van der Waals surface area contributed by atoms with Crippen molar-refractivity contribution in [1.29, 1.82) is 0 Å². The Hall–Kier alpha value is -2.28. The maximum atomic E-state index is 11.7. The highest BCUT2D eigenvalue weighted by molar-refractivity contribution is 6.31. The van der Waals surface area contributed by atoms with Crippen LogP contribution < -0.4 is 22.1 Å². The second-order valence-electron chi connectivity index (χ2n) is 4.55. The van der Waals surface area contributed by atoms with Gasteiger partial charge >= 0.3 is 6.03 Å². The molecule has 1 aromatic rings. The van der Waals surface area contributed by atoms with Gasteiger partial charge in [0.05, 0.1) is 0 Å². The lowest BCUT2D eigenvalue weighted by Crippen LogP contribution is -2.56. The van der Waals surface area contributed by atoms with Crippen molar-refractivity contribution in [2.75, 3.05) is 0 Å². The van der Waals surface area contributed by atoms with E-state index in [1.54, 1.807) is 19.1 Å². The van der Waals surface area contributed by atoms with Crippen molar-refractivity contribution < 1.29 is 14.4 Å². The molecule has 0 spiro atoms. The predicted molar refractivity (Wildman–Crippen MR) is 78.5 cm³/mol. The zero-order chi connectivity index (χ0) is 16.0. The summed E-state index contributed by atoms with van der Waals surface area (Å²) in [6, 6.07) is 4.71. The van der Waals surface area contributed by atoms with Crippen molar-refractivity contribution in [3.63, 3.8) is 0 Å². The predicted octanol–water partition coefficient (Wildman–Crippen LogP) is -0.0906. The Morgan fingerprint density at radius 2 is 1.71 bits per heavy atom. The van der Waals surface area contributed by atoms with Crippen LogP contribution in [-0.4, -0.2) is 29.9 Å². The van der Waals surface area contributed by atoms with Gasteiger partial charge in [0, 0.05) is 11.1 Å². The number of rotatable bonds is 6. The molecule has 21 heavy (non-hydrogen) atoms. The van der Waals surface area contributed by atoms with E-state index < -0.39 is 23.9 Å². The van der Waals surface area contributed by atoms with Gasteiger partial charge in [-0.2, -0.15) is 0 Å². The summed E-state index contributed by atoms with van der Waals surface area (Å²) in [7, 11) is 0. The van der Waals surface area contributed by atoms with Crippen LogP contribution in [0.4, 0.5) is 4.79 Å². The van der Waals surface area contributed by atoms with E-state index in [4.69, 9.17) is 23.1 Å². The zero-order valence-corrected chi connectivity index (χ0v) is 12.2. The highest BCUT2D eigenvalue weighted by Crippen LogP contribution is 2.16. The van der Waals surface area contributed by atoms with E-state index in [1.807, 2.05) is 12.1 Å². The van der Waals surface area contributed by atoms with Gasteiger partial charge in [0.1, 0.15) is 0 Å². The van der Waals surface area contributed by atoms with Crippen molar-refractivity contribution >= 4 is 29.4 Å². The number of nitrogens with one attached hydrogen (secondary N) is 2. The molecule has 0 bridgehead atoms. The van der Waals surface area contributed by atoms with Crippen LogP contribution in [-0.2, 0) is 16.0 Å². The highest BCUT2D eigenvalue weighted by Gasteiger charge is 2.24. The largest absolute Gasteiger partial charge is 0.367 e. The van der Waals surface area contributed by atoms with E-state index in [-0.39, 0.29) is 6.04 Å². The van der Waals surface area contributed by atoms with Gasteiger partial charge in [-0.1, -0.05) is 29.8 Å². The van der Waals surface area contributed by atoms with E-state index in [0.29, 0.717) is 11.4 Å². The van der Waals surface area contributed by atoms with Crippen LogP contribution in [0.3, 0.4) is 0 Å². The first-order valence-corrected chi connectivity index (χ1v) is 6.58. The summed E-state index contributed by atoms with van der Waals surface area (Å²) in [4.78, 5) is 33.6. The molecule has 0 saturated heterocycles. The number of amides is 4. The fraction of sp³-hybridized carbons (Fsp3) is 0.308. The van der Waals surface area contributed by atoms with Gasteiger partial charge in [-0.3, -0.25) is 9.59 Å². The number of carbonyl (C=O) groups is 3. The minimum atomic E-state index is -1.54. The fourth-order valence-electron chi connectivity index (χ4n) is 1.72. The number of nitrogens with two attached hydrogens (primary N) is 2. The minimum absolute atomic E-state index is 0.272. The first-order valence-electron chi connectivity index (χ1n) is 6.20. The molecule has 1 atom stereocenters. The maximum Gasteiger partial charge on any atom is 0.316 e. The molecule has 0 fully saturated rings. The number of benzene rings is 1. The van der Waals surface area contributed by atoms with Gasteiger partial charge in [-0.15, -0.1) is 0 Å². The Bertz CT molecular complexity index is 536. The summed E-state index contributed by atoms with van der Waals surface area (Å²) >= 11 is 6.02. The second-order valence-corrected chi connectivity index (χ2v) is 4.96. The number of halogens is 1. The summed E-state index contributed by atoms with van der Waals surface area (Å²) in [5.74, 6) is -2.03. The first kappa shape index (κ1) is 16.8. The van der Waals surface area contributed by atoms with Crippen LogP contribution in [0.15, 0.2) is 24.3 Å². The standard InChI is InChI=1S/C13H17ClN4O3/c1-7(6-8-4-2-3-5-9(8)14)17-13(21)18-10(11(15)19)12(16)20/h2-5,7,10H,6H2,1H3,(H2,15,19)(H2,16,20)(H2,17,18,21)/t7-/m0/s1. The summed E-state index contributed by atoms with van der Waals surface area (Å²) in [5, 5.41) is 5.28. The van der Waals surface area contributed by atoms with E-state index in [9.17, 15) is 14.4 Å². The average molecular weight is 313 g/mol. The van der Waals surface area contributed by atoms with Crippen LogP contribution in [0.1, 0.15) is 12.5 Å². The van der Waals surface area contributed by atoms with Crippen LogP contribution in [0.5, 0.6) is 0 Å². The molecule has 6 N–H and O–H groups in total. The third-order valence-corrected chi connectivity index (χ3v) is 3.07. The monoisotopic (exact) mass is 312 g/mol. The highest BCUT2D eigenvalue weighted by atomic mass is 35.5. The Morgan fingerprint density at radius 1 is 1.14 bits per heavy atom. The van der Waals surface area contributed by atoms with Crippen molar-refractivity contribution in [1.82, 2.24) is 10.6 Å². The summed E-state index contributed by atoms with van der Waals surface area (Å²) in [6.45, 7) is 1.76. The smallest absolute Gasteiger partial charge is 0.316 e. The lowest BCUT2D eigenvalue weighted by atomic mass is 10.1. The van der Waals surface area contributed by atoms with Gasteiger partial charge < -0.3 is 22.1 Å². The number of primary amides is 2. The van der Waals surface area contributed by atoms with Gasteiger partial charge in [-0.05, 0) is 25.0 Å². The SMILES string of the molecule is C[C@@H](Cc1ccccc1Cl)NC(=O)NC(C(N)=O)C(N)=O. The molecule has 1 rings (SSSR count). The molecule has 0 aliphatic carbocycles. The van der Waals surface area contributed by atoms with Crippen LogP contribution in [0.25, 0.3) is 0 Å². The van der Waals surface area contributed by atoms with Crippen LogP contribution in [0, 0.1) is 0 Å². The third-order valence-electron chi connectivity index (χ3n) is 2.71. The molecule has 0 aliphatic heterocycles. The van der Waals surface area contributed by atoms with Gasteiger partial charge in [0.25, 0.3) is 0 Å². The summed E-state index contributed by atoms with van der Waals surface area (Å²) < 4.78 is 0. The van der Waals surface area contributed by atoms with Crippen LogP contribution in [0.2, 0.25) is 5.02 Å². The third kappa shape index (κ3) is 5.31. The molecule has 0 aromatic heterocycles. The normalized spacial score (nSPS) is 11.8. The number of carbonyl (C=O) groups excluding carboxylic acids is 3. The topological polar surface area (TPSA) is 127 Å². The quantitative estimate of drug-likeness (QED) is 0.548. The Labute approximate surface area is 127 Å². The lowest BCUT2D eigenvalue weighted by molar-refractivity contribution is -0.128. The average Bonchev–Trinajstić information content (AvgIpc) is 2.38. The van der Waals surface area contributed by atoms with E-state index in [2.05, 4.69) is 10.6 Å². The Morgan fingerprint density at radius 3 is 2.24 bits per heavy atom. The molecule has 0 aliphatic rings.